The minimum absolute atomic E-state index is 0.198. The molecule has 0 spiro atoms. The maximum atomic E-state index is 12.9. The van der Waals surface area contributed by atoms with Crippen LogP contribution < -0.4 is 10.2 Å². The minimum atomic E-state index is -0.464. The molecule has 4 rings (SSSR count). The first-order valence-electron chi connectivity index (χ1n) is 11.3. The molecular formula is C23H28Cl2N6O4S. The van der Waals surface area contributed by atoms with Gasteiger partial charge in [-0.25, -0.2) is 14.8 Å². The van der Waals surface area contributed by atoms with E-state index in [0.29, 0.717) is 51.8 Å². The van der Waals surface area contributed by atoms with Crippen LogP contribution in [0.15, 0.2) is 0 Å². The number of aryl methyl sites for hydroxylation is 2. The van der Waals surface area contributed by atoms with E-state index < -0.39 is 5.97 Å². The SMILES string of the molecule is COC(=O)c1sc(N2CC[C@@H](NC(=O)c3[nH]c(C)c(Cl)c3Cl)[C@@H](OC)C2)nc1-c1nc(C)c(C)n1C. The van der Waals surface area contributed by atoms with Crippen molar-refractivity contribution in [3.63, 3.8) is 0 Å². The van der Waals surface area contributed by atoms with Crippen LogP contribution in [0.4, 0.5) is 5.13 Å². The summed E-state index contributed by atoms with van der Waals surface area (Å²) in [6.07, 6.45) is 0.276. The topological polar surface area (TPSA) is 114 Å². The lowest BCUT2D eigenvalue weighted by atomic mass is 10.0. The van der Waals surface area contributed by atoms with Crippen LogP contribution in [0.2, 0.25) is 10.0 Å². The first-order chi connectivity index (χ1) is 17.1. The number of methoxy groups -OCH3 is 2. The molecule has 0 bridgehead atoms. The summed E-state index contributed by atoms with van der Waals surface area (Å²) in [6.45, 7) is 6.69. The number of aromatic amines is 1. The van der Waals surface area contributed by atoms with Crippen LogP contribution in [0.3, 0.4) is 0 Å². The van der Waals surface area contributed by atoms with Crippen molar-refractivity contribution in [2.24, 2.45) is 7.05 Å². The van der Waals surface area contributed by atoms with Crippen molar-refractivity contribution in [3.05, 3.63) is 37.7 Å². The molecule has 0 aliphatic carbocycles. The highest BCUT2D eigenvalue weighted by Gasteiger charge is 2.34. The Balaban J connectivity index is 1.56. The molecule has 1 saturated heterocycles. The maximum absolute atomic E-state index is 12.9. The molecule has 0 radical (unpaired) electrons. The summed E-state index contributed by atoms with van der Waals surface area (Å²) in [7, 11) is 4.84. The summed E-state index contributed by atoms with van der Waals surface area (Å²) in [6, 6.07) is -0.253. The molecule has 1 aliphatic heterocycles. The monoisotopic (exact) mass is 554 g/mol. The van der Waals surface area contributed by atoms with E-state index in [9.17, 15) is 9.59 Å². The molecule has 36 heavy (non-hydrogen) atoms. The van der Waals surface area contributed by atoms with Crippen LogP contribution in [0.25, 0.3) is 11.5 Å². The molecule has 4 heterocycles. The number of hydrogen-bond donors (Lipinski definition) is 2. The van der Waals surface area contributed by atoms with E-state index in [1.165, 1.54) is 18.4 Å². The number of hydrogen-bond acceptors (Lipinski definition) is 8. The quantitative estimate of drug-likeness (QED) is 0.444. The molecule has 3 aromatic rings. The fraction of sp³-hybridized carbons (Fsp3) is 0.478. The van der Waals surface area contributed by atoms with Gasteiger partial charge in [-0.05, 0) is 27.2 Å². The largest absolute Gasteiger partial charge is 0.465 e. The van der Waals surface area contributed by atoms with Gasteiger partial charge in [0.15, 0.2) is 11.0 Å². The molecule has 2 atom stereocenters. The Hall–Kier alpha value is -2.60. The number of anilines is 1. The Morgan fingerprint density at radius 3 is 2.44 bits per heavy atom. The van der Waals surface area contributed by atoms with Gasteiger partial charge in [-0.1, -0.05) is 34.5 Å². The number of H-pyrrole nitrogens is 1. The molecule has 1 fully saturated rings. The van der Waals surface area contributed by atoms with Gasteiger partial charge >= 0.3 is 5.97 Å². The minimum Gasteiger partial charge on any atom is -0.465 e. The number of imidazole rings is 1. The zero-order valence-corrected chi connectivity index (χ0v) is 23.2. The average Bonchev–Trinajstić information content (AvgIpc) is 3.50. The number of halogens is 2. The van der Waals surface area contributed by atoms with E-state index in [0.717, 1.165) is 11.4 Å². The second-order valence-corrected chi connectivity index (χ2v) is 10.4. The van der Waals surface area contributed by atoms with Crippen LogP contribution in [-0.4, -0.2) is 70.9 Å². The molecule has 0 saturated carbocycles. The zero-order valence-electron chi connectivity index (χ0n) is 20.9. The third-order valence-electron chi connectivity index (χ3n) is 6.55. The van der Waals surface area contributed by atoms with E-state index in [1.807, 2.05) is 30.4 Å². The smallest absolute Gasteiger partial charge is 0.350 e. The molecule has 10 nitrogen and oxygen atoms in total. The lowest BCUT2D eigenvalue weighted by Gasteiger charge is -2.37. The number of rotatable bonds is 6. The summed E-state index contributed by atoms with van der Waals surface area (Å²) in [5.74, 6) is -0.204. The summed E-state index contributed by atoms with van der Waals surface area (Å²) >= 11 is 13.6. The lowest BCUT2D eigenvalue weighted by Crippen LogP contribution is -2.55. The average molecular weight is 555 g/mol. The van der Waals surface area contributed by atoms with E-state index >= 15 is 0 Å². The molecule has 1 aliphatic rings. The van der Waals surface area contributed by atoms with Crippen molar-refractivity contribution in [2.75, 3.05) is 32.2 Å². The third kappa shape index (κ3) is 4.72. The standard InChI is InChI=1S/C23H28Cl2N6O4S/c1-10-12(3)30(4)20(27-10)18-19(22(33)35-6)36-23(29-18)31-8-7-13(14(9-31)34-5)28-21(32)17-16(25)15(24)11(2)26-17/h13-14,26H,7-9H2,1-6H3,(H,28,32)/t13-,14+/m1/s1. The molecule has 3 aromatic heterocycles. The Bertz CT molecular complexity index is 1320. The summed E-state index contributed by atoms with van der Waals surface area (Å²) < 4.78 is 12.7. The van der Waals surface area contributed by atoms with Crippen molar-refractivity contribution < 1.29 is 19.1 Å². The van der Waals surface area contributed by atoms with Crippen molar-refractivity contribution in [1.82, 2.24) is 24.8 Å². The zero-order chi connectivity index (χ0) is 26.3. The lowest BCUT2D eigenvalue weighted by molar-refractivity contribution is 0.0540. The third-order valence-corrected chi connectivity index (χ3v) is 8.59. The highest BCUT2D eigenvalue weighted by atomic mass is 35.5. The number of nitrogens with zero attached hydrogens (tertiary/aromatic N) is 4. The number of thiazole rings is 1. The number of carbonyl (C=O) groups is 2. The predicted molar refractivity (Wildman–Crippen MR) is 140 cm³/mol. The second kappa shape index (κ2) is 10.4. The number of carbonyl (C=O) groups excluding carboxylic acids is 2. The van der Waals surface area contributed by atoms with Crippen molar-refractivity contribution in [1.29, 1.82) is 0 Å². The van der Waals surface area contributed by atoms with Crippen LogP contribution in [0.1, 0.15) is 43.7 Å². The summed E-state index contributed by atoms with van der Waals surface area (Å²) in [4.78, 5) is 40.2. The Morgan fingerprint density at radius 1 is 1.17 bits per heavy atom. The fourth-order valence-corrected chi connectivity index (χ4v) is 5.65. The molecule has 194 valence electrons. The molecular weight excluding hydrogens is 527 g/mol. The number of amides is 1. The van der Waals surface area contributed by atoms with Crippen LogP contribution >= 0.6 is 34.5 Å². The molecule has 1 amide bonds. The second-order valence-electron chi connectivity index (χ2n) is 8.67. The van der Waals surface area contributed by atoms with Crippen molar-refractivity contribution in [3.8, 4) is 11.5 Å². The van der Waals surface area contributed by atoms with Gasteiger partial charge in [-0.15, -0.1) is 0 Å². The Kier molecular flexibility index (Phi) is 7.65. The van der Waals surface area contributed by atoms with E-state index in [4.69, 9.17) is 37.7 Å². The number of aromatic nitrogens is 4. The summed E-state index contributed by atoms with van der Waals surface area (Å²) in [5, 5.41) is 4.19. The normalized spacial score (nSPS) is 17.9. The van der Waals surface area contributed by atoms with Gasteiger partial charge in [-0.3, -0.25) is 4.79 Å². The highest BCUT2D eigenvalue weighted by Crippen LogP contribution is 2.35. The van der Waals surface area contributed by atoms with Gasteiger partial charge in [-0.2, -0.15) is 0 Å². The first kappa shape index (κ1) is 26.5. The van der Waals surface area contributed by atoms with Crippen molar-refractivity contribution in [2.45, 2.75) is 39.3 Å². The van der Waals surface area contributed by atoms with Gasteiger partial charge in [0, 0.05) is 38.6 Å². The molecule has 2 N–H and O–H groups in total. The van der Waals surface area contributed by atoms with E-state index in [1.54, 1.807) is 14.0 Å². The van der Waals surface area contributed by atoms with Crippen LogP contribution in [0, 0.1) is 20.8 Å². The van der Waals surface area contributed by atoms with Crippen LogP contribution in [0.5, 0.6) is 0 Å². The van der Waals surface area contributed by atoms with Gasteiger partial charge in [0.2, 0.25) is 0 Å². The van der Waals surface area contributed by atoms with Gasteiger partial charge in [0.05, 0.1) is 35.0 Å². The van der Waals surface area contributed by atoms with Gasteiger partial charge < -0.3 is 29.2 Å². The number of ether oxygens (including phenoxy) is 2. The number of nitrogens with one attached hydrogen (secondary N) is 2. The molecule has 13 heteroatoms. The molecule has 0 aromatic carbocycles. The number of piperidine rings is 1. The van der Waals surface area contributed by atoms with Gasteiger partial charge in [0.25, 0.3) is 5.91 Å². The molecule has 0 unspecified atom stereocenters. The van der Waals surface area contributed by atoms with Crippen molar-refractivity contribution >= 4 is 51.5 Å². The van der Waals surface area contributed by atoms with Crippen LogP contribution in [-0.2, 0) is 16.5 Å². The Morgan fingerprint density at radius 2 is 1.89 bits per heavy atom. The highest BCUT2D eigenvalue weighted by molar-refractivity contribution is 7.17. The maximum Gasteiger partial charge on any atom is 0.350 e. The number of esters is 1. The van der Waals surface area contributed by atoms with Gasteiger partial charge in [0.1, 0.15) is 16.3 Å². The predicted octanol–water partition coefficient (Wildman–Crippen LogP) is 3.91. The van der Waals surface area contributed by atoms with E-state index in [2.05, 4.69) is 15.3 Å². The fourth-order valence-electron chi connectivity index (χ4n) is 4.22. The first-order valence-corrected chi connectivity index (χ1v) is 12.9. The Labute approximate surface area is 222 Å². The van der Waals surface area contributed by atoms with E-state index in [-0.39, 0.29) is 28.8 Å². The summed E-state index contributed by atoms with van der Waals surface area (Å²) in [5.41, 5.74) is 3.20.